The van der Waals surface area contributed by atoms with Crippen LogP contribution >= 0.6 is 0 Å². The highest BCUT2D eigenvalue weighted by Crippen LogP contribution is 2.33. The van der Waals surface area contributed by atoms with E-state index in [4.69, 9.17) is 10.5 Å². The molecule has 3 aromatic rings. The molecule has 0 bridgehead atoms. The van der Waals surface area contributed by atoms with E-state index in [0.29, 0.717) is 5.92 Å². The number of nitrogens with zero attached hydrogens (tertiary/aromatic N) is 5. The molecule has 0 aliphatic carbocycles. The summed E-state index contributed by atoms with van der Waals surface area (Å²) in [6.07, 6.45) is 3.24. The minimum absolute atomic E-state index is 0.182. The third kappa shape index (κ3) is 6.47. The van der Waals surface area contributed by atoms with Crippen LogP contribution in [-0.4, -0.2) is 64.5 Å². The zero-order valence-electron chi connectivity index (χ0n) is 21.9. The molecule has 9 heteroatoms. The van der Waals surface area contributed by atoms with Crippen molar-refractivity contribution in [2.75, 3.05) is 43.5 Å². The molecule has 1 aliphatic rings. The maximum absolute atomic E-state index is 13.3. The van der Waals surface area contributed by atoms with E-state index in [-0.39, 0.29) is 11.9 Å². The Balaban J connectivity index is 0.00000176. The molecule has 1 aliphatic heterocycles. The average molecular weight is 496 g/mol. The monoisotopic (exact) mass is 495 g/mol. The van der Waals surface area contributed by atoms with Crippen LogP contribution in [0.2, 0.25) is 0 Å². The van der Waals surface area contributed by atoms with Gasteiger partial charge >= 0.3 is 0 Å². The van der Waals surface area contributed by atoms with Crippen LogP contribution in [0.5, 0.6) is 0 Å². The van der Waals surface area contributed by atoms with Crippen molar-refractivity contribution in [1.29, 1.82) is 5.41 Å². The normalized spacial score (nSPS) is 16.0. The fraction of sp³-hybridized carbons (Fsp3) is 0.444. The number of anilines is 3. The van der Waals surface area contributed by atoms with Gasteiger partial charge in [-0.1, -0.05) is 13.8 Å². The van der Waals surface area contributed by atoms with Gasteiger partial charge in [0.15, 0.2) is 5.82 Å². The van der Waals surface area contributed by atoms with Crippen molar-refractivity contribution < 1.29 is 9.50 Å². The van der Waals surface area contributed by atoms with Gasteiger partial charge < -0.3 is 20.7 Å². The number of aromatic nitrogens is 3. The van der Waals surface area contributed by atoms with Crippen molar-refractivity contribution >= 4 is 23.4 Å². The Morgan fingerprint density at radius 2 is 1.92 bits per heavy atom. The number of rotatable bonds is 8. The molecule has 0 saturated carbocycles. The Kier molecular flexibility index (Phi) is 9.55. The number of benzene rings is 2. The molecule has 8 nitrogen and oxygen atoms in total. The first kappa shape index (κ1) is 27.3. The minimum Gasteiger partial charge on any atom is -0.400 e. The van der Waals surface area contributed by atoms with Crippen LogP contribution in [0, 0.1) is 24.1 Å². The average Bonchev–Trinajstić information content (AvgIpc) is 3.36. The minimum atomic E-state index is -0.268. The Morgan fingerprint density at radius 3 is 2.53 bits per heavy atom. The maximum atomic E-state index is 13.3. The summed E-state index contributed by atoms with van der Waals surface area (Å²) in [5.74, 6) is 1.20. The van der Waals surface area contributed by atoms with E-state index >= 15 is 0 Å². The zero-order chi connectivity index (χ0) is 26.2. The summed E-state index contributed by atoms with van der Waals surface area (Å²) in [5.41, 5.74) is 4.82. The summed E-state index contributed by atoms with van der Waals surface area (Å²) >= 11 is 0. The fourth-order valence-corrected chi connectivity index (χ4v) is 4.61. The number of halogens is 1. The lowest BCUT2D eigenvalue weighted by atomic mass is 9.93. The van der Waals surface area contributed by atoms with Gasteiger partial charge in [-0.05, 0) is 67.3 Å². The maximum Gasteiger partial charge on any atom is 0.171 e. The Hall–Kier alpha value is -3.30. The van der Waals surface area contributed by atoms with Crippen molar-refractivity contribution in [3.63, 3.8) is 0 Å². The second kappa shape index (κ2) is 12.6. The molecule has 1 aromatic heterocycles. The molecule has 1 unspecified atom stereocenters. The Morgan fingerprint density at radius 1 is 1.19 bits per heavy atom. The van der Waals surface area contributed by atoms with Gasteiger partial charge in [0, 0.05) is 56.4 Å². The molecule has 1 atom stereocenters. The number of piperazine rings is 1. The van der Waals surface area contributed by atoms with Crippen molar-refractivity contribution in [3.8, 4) is 0 Å². The van der Waals surface area contributed by atoms with Crippen molar-refractivity contribution in [1.82, 2.24) is 19.9 Å². The summed E-state index contributed by atoms with van der Waals surface area (Å²) < 4.78 is 13.3. The largest absolute Gasteiger partial charge is 0.400 e. The van der Waals surface area contributed by atoms with E-state index in [9.17, 15) is 4.39 Å². The van der Waals surface area contributed by atoms with Gasteiger partial charge in [0.05, 0.1) is 18.8 Å². The second-order valence-corrected chi connectivity index (χ2v) is 9.31. The Bertz CT molecular complexity index is 1130. The van der Waals surface area contributed by atoms with E-state index in [0.717, 1.165) is 68.2 Å². The molecule has 0 spiro atoms. The third-order valence-electron chi connectivity index (χ3n) is 6.30. The molecule has 194 valence electrons. The van der Waals surface area contributed by atoms with Crippen LogP contribution in [0.1, 0.15) is 43.5 Å². The predicted molar refractivity (Wildman–Crippen MR) is 144 cm³/mol. The molecular weight excluding hydrogens is 457 g/mol. The molecule has 3 N–H and O–H groups in total. The molecule has 2 aromatic carbocycles. The standard InChI is InChI=1S/C26H34FN7.CH4O/c1-5-34-29-15-26(31-34)33-11-10-32(16-18(2)3)25(17-33)23-13-20(14-28)24(12-19(23)4)30-22-8-6-21(27)7-9-22;1-2/h6-9,12-15,18,25,28,30H,5,10-11,16-17H2,1-4H3;2H,1H3. The van der Waals surface area contributed by atoms with Crippen LogP contribution in [0.3, 0.4) is 0 Å². The van der Waals surface area contributed by atoms with E-state index in [1.807, 2.05) is 13.1 Å². The first-order chi connectivity index (χ1) is 17.4. The van der Waals surface area contributed by atoms with Gasteiger partial charge in [0.25, 0.3) is 0 Å². The molecule has 36 heavy (non-hydrogen) atoms. The van der Waals surface area contributed by atoms with Gasteiger partial charge in [-0.3, -0.25) is 4.90 Å². The van der Waals surface area contributed by atoms with Crippen LogP contribution < -0.4 is 10.2 Å². The van der Waals surface area contributed by atoms with Crippen molar-refractivity contribution in [3.05, 3.63) is 65.1 Å². The molecule has 4 rings (SSSR count). The Labute approximate surface area is 213 Å². The summed E-state index contributed by atoms with van der Waals surface area (Å²) in [7, 11) is 1.00. The summed E-state index contributed by atoms with van der Waals surface area (Å²) in [6, 6.07) is 10.7. The topological polar surface area (TPSA) is 93.3 Å². The highest BCUT2D eigenvalue weighted by molar-refractivity contribution is 5.88. The van der Waals surface area contributed by atoms with Crippen LogP contribution in [-0.2, 0) is 6.54 Å². The molecule has 0 radical (unpaired) electrons. The van der Waals surface area contributed by atoms with Gasteiger partial charge in [-0.2, -0.15) is 9.90 Å². The van der Waals surface area contributed by atoms with E-state index in [1.165, 1.54) is 23.9 Å². The molecule has 0 amide bonds. The van der Waals surface area contributed by atoms with Gasteiger partial charge in [0.2, 0.25) is 0 Å². The second-order valence-electron chi connectivity index (χ2n) is 9.31. The van der Waals surface area contributed by atoms with Gasteiger partial charge in [-0.15, -0.1) is 5.10 Å². The summed E-state index contributed by atoms with van der Waals surface area (Å²) in [4.78, 5) is 6.59. The first-order valence-corrected chi connectivity index (χ1v) is 12.4. The van der Waals surface area contributed by atoms with Gasteiger partial charge in [0.1, 0.15) is 5.82 Å². The fourth-order valence-electron chi connectivity index (χ4n) is 4.61. The van der Waals surface area contributed by atoms with Crippen LogP contribution in [0.25, 0.3) is 0 Å². The smallest absolute Gasteiger partial charge is 0.171 e. The van der Waals surface area contributed by atoms with Gasteiger partial charge in [-0.25, -0.2) is 4.39 Å². The number of nitrogens with one attached hydrogen (secondary N) is 2. The zero-order valence-corrected chi connectivity index (χ0v) is 21.9. The van der Waals surface area contributed by atoms with Crippen molar-refractivity contribution in [2.24, 2.45) is 5.92 Å². The number of aryl methyl sites for hydroxylation is 2. The predicted octanol–water partition coefficient (Wildman–Crippen LogP) is 4.61. The lowest BCUT2D eigenvalue weighted by Crippen LogP contribution is -2.49. The summed E-state index contributed by atoms with van der Waals surface area (Å²) in [5, 5.41) is 27.4. The van der Waals surface area contributed by atoms with E-state index in [2.05, 4.69) is 58.2 Å². The quantitative estimate of drug-likeness (QED) is 0.395. The molecule has 1 saturated heterocycles. The highest BCUT2D eigenvalue weighted by atomic mass is 19.1. The lowest BCUT2D eigenvalue weighted by Gasteiger charge is -2.43. The first-order valence-electron chi connectivity index (χ1n) is 12.4. The number of hydrogen-bond donors (Lipinski definition) is 3. The molecule has 2 heterocycles. The van der Waals surface area contributed by atoms with Crippen molar-refractivity contribution in [2.45, 2.75) is 40.3 Å². The van der Waals surface area contributed by atoms with Crippen LogP contribution in [0.4, 0.5) is 21.6 Å². The highest BCUT2D eigenvalue weighted by Gasteiger charge is 2.31. The SMILES string of the molecule is CCn1ncc(N2CCN(CC(C)C)C(c3cc(C=N)c(Nc4ccc(F)cc4)cc3C)C2)n1.CO. The summed E-state index contributed by atoms with van der Waals surface area (Å²) in [6.45, 7) is 13.1. The molecule has 1 fully saturated rings. The number of aliphatic hydroxyl groups is 1. The number of aliphatic hydroxyl groups excluding tert-OH is 1. The number of hydrogen-bond acceptors (Lipinski definition) is 7. The molecular formula is C27H38FN7O. The van der Waals surface area contributed by atoms with E-state index in [1.54, 1.807) is 16.9 Å². The van der Waals surface area contributed by atoms with E-state index < -0.39 is 0 Å². The third-order valence-corrected chi connectivity index (χ3v) is 6.30. The lowest BCUT2D eigenvalue weighted by molar-refractivity contribution is 0.157. The van der Waals surface area contributed by atoms with Crippen LogP contribution in [0.15, 0.2) is 42.6 Å².